The lowest BCUT2D eigenvalue weighted by Gasteiger charge is -2.17. The average molecular weight is 394 g/mol. The predicted molar refractivity (Wildman–Crippen MR) is 97.9 cm³/mol. The fourth-order valence-corrected chi connectivity index (χ4v) is 3.25. The molecule has 0 spiro atoms. The van der Waals surface area contributed by atoms with Gasteiger partial charge in [-0.05, 0) is 18.4 Å². The van der Waals surface area contributed by atoms with E-state index in [0.29, 0.717) is 6.42 Å². The lowest BCUT2D eigenvalue weighted by molar-refractivity contribution is -0.137. The zero-order valence-electron chi connectivity index (χ0n) is 15.1. The second-order valence-electron chi connectivity index (χ2n) is 6.23. The van der Waals surface area contributed by atoms with E-state index in [-0.39, 0.29) is 23.5 Å². The van der Waals surface area contributed by atoms with Crippen molar-refractivity contribution in [1.82, 2.24) is 9.62 Å². The number of rotatable bonds is 9. The lowest BCUT2D eigenvalue weighted by atomic mass is 10.0. The van der Waals surface area contributed by atoms with Crippen molar-refractivity contribution in [1.29, 1.82) is 0 Å². The summed E-state index contributed by atoms with van der Waals surface area (Å²) in [5, 5.41) is 11.4. The maximum absolute atomic E-state index is 12.5. The Bertz CT molecular complexity index is 890. The first-order chi connectivity index (χ1) is 12.7. The molecule has 1 amide bonds. The van der Waals surface area contributed by atoms with Crippen LogP contribution in [0.2, 0.25) is 0 Å². The molecule has 9 heteroatoms. The van der Waals surface area contributed by atoms with E-state index in [0.717, 1.165) is 22.2 Å². The second kappa shape index (κ2) is 8.83. The number of carboxylic acids is 1. The van der Waals surface area contributed by atoms with Gasteiger partial charge in [0, 0.05) is 32.6 Å². The maximum Gasteiger partial charge on any atom is 0.303 e. The summed E-state index contributed by atoms with van der Waals surface area (Å²) in [4.78, 5) is 23.4. The van der Waals surface area contributed by atoms with Gasteiger partial charge in [0.1, 0.15) is 6.26 Å². The number of aliphatic carboxylic acids is 1. The molecule has 1 heterocycles. The van der Waals surface area contributed by atoms with Gasteiger partial charge in [-0.2, -0.15) is 0 Å². The Kier molecular flexibility index (Phi) is 6.75. The van der Waals surface area contributed by atoms with Gasteiger partial charge in [-0.25, -0.2) is 12.7 Å². The predicted octanol–water partition coefficient (Wildman–Crippen LogP) is 1.74. The Morgan fingerprint density at radius 3 is 2.48 bits per heavy atom. The van der Waals surface area contributed by atoms with Gasteiger partial charge in [0.25, 0.3) is 15.9 Å². The number of hydrogen-bond acceptors (Lipinski definition) is 5. The van der Waals surface area contributed by atoms with E-state index in [1.54, 1.807) is 0 Å². The number of carboxylic acid groups (broad SMARTS) is 1. The molecule has 2 rings (SSSR count). The number of hydrogen-bond donors (Lipinski definition) is 2. The summed E-state index contributed by atoms with van der Waals surface area (Å²) in [6, 6.07) is 10.1. The normalized spacial score (nSPS) is 12.7. The summed E-state index contributed by atoms with van der Waals surface area (Å²) in [5.41, 5.74) is 1.01. The molecule has 0 bridgehead atoms. The number of amides is 1. The molecule has 27 heavy (non-hydrogen) atoms. The number of benzene rings is 1. The van der Waals surface area contributed by atoms with Crippen LogP contribution >= 0.6 is 0 Å². The van der Waals surface area contributed by atoms with E-state index < -0.39 is 27.9 Å². The van der Waals surface area contributed by atoms with Crippen molar-refractivity contribution in [3.05, 3.63) is 53.8 Å². The molecule has 0 saturated heterocycles. The minimum absolute atomic E-state index is 0.0591. The second-order valence-corrected chi connectivity index (χ2v) is 8.32. The van der Waals surface area contributed by atoms with E-state index in [9.17, 15) is 18.0 Å². The molecule has 1 aromatic heterocycles. The monoisotopic (exact) mass is 394 g/mol. The Balaban J connectivity index is 2.13. The van der Waals surface area contributed by atoms with E-state index in [2.05, 4.69) is 5.32 Å². The van der Waals surface area contributed by atoms with Crippen LogP contribution in [-0.2, 0) is 21.2 Å². The number of carbonyl (C=O) groups is 2. The molecule has 146 valence electrons. The van der Waals surface area contributed by atoms with Crippen molar-refractivity contribution in [2.24, 2.45) is 0 Å². The molecule has 1 atom stereocenters. The van der Waals surface area contributed by atoms with E-state index in [1.807, 2.05) is 30.3 Å². The number of sulfonamides is 1. The first-order valence-corrected chi connectivity index (χ1v) is 9.72. The molecule has 1 aromatic carbocycles. The molecule has 2 aromatic rings. The van der Waals surface area contributed by atoms with Crippen molar-refractivity contribution in [2.45, 2.75) is 30.4 Å². The molecular weight excluding hydrogens is 372 g/mol. The Labute approximate surface area is 157 Å². The third-order valence-corrected chi connectivity index (χ3v) is 5.62. The first kappa shape index (κ1) is 20.7. The maximum atomic E-state index is 12.5. The van der Waals surface area contributed by atoms with Crippen LogP contribution < -0.4 is 5.32 Å². The topological polar surface area (TPSA) is 117 Å². The largest absolute Gasteiger partial charge is 0.481 e. The molecule has 0 aliphatic rings. The van der Waals surface area contributed by atoms with Crippen LogP contribution in [0, 0.1) is 0 Å². The van der Waals surface area contributed by atoms with E-state index in [4.69, 9.17) is 9.52 Å². The number of furan rings is 1. The van der Waals surface area contributed by atoms with E-state index in [1.165, 1.54) is 14.1 Å². The van der Waals surface area contributed by atoms with Gasteiger partial charge in [0.05, 0.1) is 5.56 Å². The van der Waals surface area contributed by atoms with Gasteiger partial charge in [-0.3, -0.25) is 9.59 Å². The summed E-state index contributed by atoms with van der Waals surface area (Å²) in [6.07, 6.45) is 1.68. The highest BCUT2D eigenvalue weighted by molar-refractivity contribution is 7.88. The quantitative estimate of drug-likeness (QED) is 0.669. The van der Waals surface area contributed by atoms with Gasteiger partial charge in [0.2, 0.25) is 5.09 Å². The summed E-state index contributed by atoms with van der Waals surface area (Å²) in [5.74, 6) is -1.48. The molecule has 1 unspecified atom stereocenters. The summed E-state index contributed by atoms with van der Waals surface area (Å²) >= 11 is 0. The third kappa shape index (κ3) is 5.66. The van der Waals surface area contributed by atoms with Gasteiger partial charge < -0.3 is 14.8 Å². The number of nitrogens with one attached hydrogen (secondary N) is 1. The van der Waals surface area contributed by atoms with Crippen LogP contribution in [0.15, 0.2) is 52.2 Å². The summed E-state index contributed by atoms with van der Waals surface area (Å²) in [6.45, 7) is 0. The van der Waals surface area contributed by atoms with Gasteiger partial charge in [-0.15, -0.1) is 0 Å². The van der Waals surface area contributed by atoms with Crippen molar-refractivity contribution < 1.29 is 27.5 Å². The van der Waals surface area contributed by atoms with E-state index >= 15 is 0 Å². The van der Waals surface area contributed by atoms with Crippen LogP contribution in [-0.4, -0.2) is 49.8 Å². The third-order valence-electron chi connectivity index (χ3n) is 3.94. The van der Waals surface area contributed by atoms with Crippen LogP contribution in [0.3, 0.4) is 0 Å². The molecule has 0 saturated carbocycles. The highest BCUT2D eigenvalue weighted by Gasteiger charge is 2.24. The Morgan fingerprint density at radius 1 is 1.22 bits per heavy atom. The Morgan fingerprint density at radius 2 is 1.89 bits per heavy atom. The van der Waals surface area contributed by atoms with Gasteiger partial charge >= 0.3 is 5.97 Å². The molecule has 0 aliphatic carbocycles. The summed E-state index contributed by atoms with van der Waals surface area (Å²) < 4.78 is 30.1. The first-order valence-electron chi connectivity index (χ1n) is 8.28. The summed E-state index contributed by atoms with van der Waals surface area (Å²) in [7, 11) is -1.06. The average Bonchev–Trinajstić information content (AvgIpc) is 3.11. The van der Waals surface area contributed by atoms with Crippen molar-refractivity contribution in [2.75, 3.05) is 14.1 Å². The van der Waals surface area contributed by atoms with Crippen LogP contribution in [0.5, 0.6) is 0 Å². The highest BCUT2D eigenvalue weighted by Crippen LogP contribution is 2.17. The molecule has 0 aliphatic heterocycles. The van der Waals surface area contributed by atoms with Gasteiger partial charge in [0.15, 0.2) is 0 Å². The molecule has 8 nitrogen and oxygen atoms in total. The number of carbonyl (C=O) groups excluding carboxylic acids is 1. The zero-order valence-corrected chi connectivity index (χ0v) is 15.9. The number of nitrogens with zero attached hydrogens (tertiary/aromatic N) is 1. The molecule has 0 radical (unpaired) electrons. The fourth-order valence-electron chi connectivity index (χ4n) is 2.44. The van der Waals surface area contributed by atoms with Crippen LogP contribution in [0.1, 0.15) is 28.8 Å². The minimum Gasteiger partial charge on any atom is -0.481 e. The lowest BCUT2D eigenvalue weighted by Crippen LogP contribution is -2.36. The van der Waals surface area contributed by atoms with Crippen molar-refractivity contribution in [3.63, 3.8) is 0 Å². The van der Waals surface area contributed by atoms with Crippen LogP contribution in [0.25, 0.3) is 0 Å². The molecular formula is C18H22N2O6S. The van der Waals surface area contributed by atoms with Crippen LogP contribution in [0.4, 0.5) is 0 Å². The molecule has 2 N–H and O–H groups in total. The van der Waals surface area contributed by atoms with Gasteiger partial charge in [-0.1, -0.05) is 30.3 Å². The molecule has 0 fully saturated rings. The highest BCUT2D eigenvalue weighted by atomic mass is 32.2. The minimum atomic E-state index is -3.78. The van der Waals surface area contributed by atoms with Crippen molar-refractivity contribution >= 4 is 21.9 Å². The zero-order chi connectivity index (χ0) is 20.0. The fraction of sp³-hybridized carbons (Fsp3) is 0.333. The SMILES string of the molecule is CN(C)S(=O)(=O)c1cc(C(=O)NC(CCC(=O)O)Cc2ccccc2)co1. The smallest absolute Gasteiger partial charge is 0.303 e. The standard InChI is InChI=1S/C18H22N2O6S/c1-20(2)27(24,25)17-11-14(12-26-17)18(23)19-15(8-9-16(21)22)10-13-6-4-3-5-7-13/h3-7,11-12,15H,8-10H2,1-2H3,(H,19,23)(H,21,22). The Hall–Kier alpha value is -2.65. The van der Waals surface area contributed by atoms with Crippen molar-refractivity contribution in [3.8, 4) is 0 Å².